The van der Waals surface area contributed by atoms with Gasteiger partial charge in [0.05, 0.1) is 11.3 Å². The van der Waals surface area contributed by atoms with Gasteiger partial charge in [0.15, 0.2) is 5.75 Å². The molecule has 0 bridgehead atoms. The average Bonchev–Trinajstić information content (AvgIpc) is 2.76. The summed E-state index contributed by atoms with van der Waals surface area (Å²) in [6.45, 7) is 15.8. The number of nitrogens with zero attached hydrogens (tertiary/aromatic N) is 3. The first-order valence-corrected chi connectivity index (χ1v) is 12.2. The van der Waals surface area contributed by atoms with Crippen LogP contribution in [0, 0.1) is 26.7 Å². The first kappa shape index (κ1) is 26.9. The minimum absolute atomic E-state index is 0.161. The van der Waals surface area contributed by atoms with Crippen LogP contribution in [0.2, 0.25) is 5.15 Å². The number of anilines is 2. The van der Waals surface area contributed by atoms with Gasteiger partial charge in [0, 0.05) is 25.4 Å². The molecule has 2 rings (SSSR count). The maximum absolute atomic E-state index is 9.51. The number of ether oxygens (including phenoxy) is 1. The third-order valence-corrected chi connectivity index (χ3v) is 5.84. The van der Waals surface area contributed by atoms with E-state index in [9.17, 15) is 5.11 Å². The van der Waals surface area contributed by atoms with Crippen molar-refractivity contribution in [2.75, 3.05) is 30.3 Å². The van der Waals surface area contributed by atoms with Crippen LogP contribution >= 0.6 is 11.6 Å². The first-order valence-electron chi connectivity index (χ1n) is 11.8. The van der Waals surface area contributed by atoms with E-state index >= 15 is 0 Å². The van der Waals surface area contributed by atoms with Gasteiger partial charge in [-0.05, 0) is 51.2 Å². The lowest BCUT2D eigenvalue weighted by atomic mass is 10.0. The Balaban J connectivity index is 2.30. The van der Waals surface area contributed by atoms with Crippen LogP contribution in [0.5, 0.6) is 5.75 Å². The molecule has 0 amide bonds. The maximum Gasteiger partial charge on any atom is 0.226 e. The predicted octanol–water partition coefficient (Wildman–Crippen LogP) is 5.92. The standard InChI is InChI=1S/C25H38ClN5O2/c1-7-9-10-12-28-25-30-23(26)21(24(31-25)27-13-11-20(8-2)15-32)19(6)33-22-16(3)14-17(4)29-18(22)5/h14,20,32H,6-13,15H2,1-5H3,(H2,27,28,30,31). The number of aryl methyl sites for hydroxylation is 3. The molecule has 33 heavy (non-hydrogen) atoms. The summed E-state index contributed by atoms with van der Waals surface area (Å²) >= 11 is 6.61. The van der Waals surface area contributed by atoms with Crippen molar-refractivity contribution in [1.29, 1.82) is 0 Å². The lowest BCUT2D eigenvalue weighted by Gasteiger charge is -2.19. The Bertz CT molecular complexity index is 908. The Hall–Kier alpha value is -2.38. The summed E-state index contributed by atoms with van der Waals surface area (Å²) in [6.07, 6.45) is 5.03. The van der Waals surface area contributed by atoms with Gasteiger partial charge < -0.3 is 20.5 Å². The number of nitrogens with one attached hydrogen (secondary N) is 2. The van der Waals surface area contributed by atoms with Crippen molar-refractivity contribution in [3.05, 3.63) is 40.3 Å². The minimum atomic E-state index is 0.161. The van der Waals surface area contributed by atoms with Crippen molar-refractivity contribution in [2.24, 2.45) is 5.92 Å². The summed E-state index contributed by atoms with van der Waals surface area (Å²) < 4.78 is 6.14. The molecule has 0 saturated heterocycles. The number of aliphatic hydroxyl groups is 1. The van der Waals surface area contributed by atoms with E-state index in [1.807, 2.05) is 26.8 Å². The Morgan fingerprint density at radius 2 is 1.88 bits per heavy atom. The summed E-state index contributed by atoms with van der Waals surface area (Å²) in [5, 5.41) is 16.4. The van der Waals surface area contributed by atoms with Gasteiger partial charge in [0.1, 0.15) is 16.7 Å². The summed E-state index contributed by atoms with van der Waals surface area (Å²) in [4.78, 5) is 13.6. The topological polar surface area (TPSA) is 92.2 Å². The quantitative estimate of drug-likeness (QED) is 0.177. The Morgan fingerprint density at radius 3 is 2.52 bits per heavy atom. The zero-order valence-electron chi connectivity index (χ0n) is 20.6. The lowest BCUT2D eigenvalue weighted by Crippen LogP contribution is -2.16. The molecule has 1 unspecified atom stereocenters. The molecule has 0 radical (unpaired) electrons. The zero-order valence-corrected chi connectivity index (χ0v) is 21.3. The number of rotatable bonds is 14. The molecular weight excluding hydrogens is 438 g/mol. The third kappa shape index (κ3) is 7.86. The molecule has 0 aliphatic carbocycles. The maximum atomic E-state index is 9.51. The van der Waals surface area contributed by atoms with Gasteiger partial charge in [-0.3, -0.25) is 4.98 Å². The van der Waals surface area contributed by atoms with Crippen LogP contribution < -0.4 is 15.4 Å². The van der Waals surface area contributed by atoms with E-state index < -0.39 is 0 Å². The molecule has 0 spiro atoms. The van der Waals surface area contributed by atoms with Gasteiger partial charge in [-0.15, -0.1) is 0 Å². The van der Waals surface area contributed by atoms with Crippen LogP contribution in [-0.2, 0) is 0 Å². The van der Waals surface area contributed by atoms with Crippen LogP contribution in [0.3, 0.4) is 0 Å². The number of aliphatic hydroxyl groups excluding tert-OH is 1. The van der Waals surface area contributed by atoms with Crippen LogP contribution in [0.4, 0.5) is 11.8 Å². The molecule has 2 heterocycles. The first-order chi connectivity index (χ1) is 15.8. The number of hydrogen-bond donors (Lipinski definition) is 3. The monoisotopic (exact) mass is 475 g/mol. The molecular formula is C25H38ClN5O2. The van der Waals surface area contributed by atoms with Crippen LogP contribution in [0.1, 0.15) is 68.5 Å². The smallest absolute Gasteiger partial charge is 0.226 e. The lowest BCUT2D eigenvalue weighted by molar-refractivity contribution is 0.217. The Labute approximate surface area is 203 Å². The predicted molar refractivity (Wildman–Crippen MR) is 137 cm³/mol. The zero-order chi connectivity index (χ0) is 24.4. The molecule has 0 aromatic carbocycles. The van der Waals surface area contributed by atoms with Crippen molar-refractivity contribution in [3.63, 3.8) is 0 Å². The van der Waals surface area contributed by atoms with Gasteiger partial charge in [-0.1, -0.05) is 51.3 Å². The van der Waals surface area contributed by atoms with E-state index in [1.165, 1.54) is 0 Å². The molecule has 2 aromatic heterocycles. The minimum Gasteiger partial charge on any atom is -0.455 e. The third-order valence-electron chi connectivity index (χ3n) is 5.57. The van der Waals surface area contributed by atoms with Crippen LogP contribution in [0.15, 0.2) is 12.6 Å². The molecule has 0 aliphatic rings. The Morgan fingerprint density at radius 1 is 1.12 bits per heavy atom. The highest BCUT2D eigenvalue weighted by Crippen LogP contribution is 2.33. The van der Waals surface area contributed by atoms with E-state index in [1.54, 1.807) is 0 Å². The molecule has 182 valence electrons. The molecule has 8 heteroatoms. The summed E-state index contributed by atoms with van der Waals surface area (Å²) in [5.74, 6) is 2.26. The number of unbranched alkanes of at least 4 members (excludes halogenated alkanes) is 2. The number of aromatic nitrogens is 3. The van der Waals surface area contributed by atoms with Crippen LogP contribution in [-0.4, -0.2) is 39.8 Å². The largest absolute Gasteiger partial charge is 0.455 e. The molecule has 3 N–H and O–H groups in total. The number of pyridine rings is 1. The van der Waals surface area contributed by atoms with Gasteiger partial charge in [-0.2, -0.15) is 4.98 Å². The van der Waals surface area contributed by atoms with Gasteiger partial charge in [0.25, 0.3) is 0 Å². The normalized spacial score (nSPS) is 11.8. The van der Waals surface area contributed by atoms with E-state index in [0.717, 1.165) is 55.6 Å². The summed E-state index contributed by atoms with van der Waals surface area (Å²) in [5.41, 5.74) is 3.20. The van der Waals surface area contributed by atoms with Gasteiger partial charge in [-0.25, -0.2) is 4.98 Å². The Kier molecular flexibility index (Phi) is 10.9. The molecule has 1 atom stereocenters. The fourth-order valence-electron chi connectivity index (χ4n) is 3.62. The highest BCUT2D eigenvalue weighted by molar-refractivity contribution is 6.31. The average molecular weight is 476 g/mol. The van der Waals surface area contributed by atoms with Crippen molar-refractivity contribution in [3.8, 4) is 5.75 Å². The van der Waals surface area contributed by atoms with Crippen molar-refractivity contribution in [1.82, 2.24) is 15.0 Å². The number of halogens is 1. The second kappa shape index (κ2) is 13.4. The molecule has 2 aromatic rings. The second-order valence-corrected chi connectivity index (χ2v) is 8.75. The molecule has 0 aliphatic heterocycles. The summed E-state index contributed by atoms with van der Waals surface area (Å²) in [6, 6.07) is 1.97. The fourth-order valence-corrected chi connectivity index (χ4v) is 3.90. The van der Waals surface area contributed by atoms with E-state index in [-0.39, 0.29) is 17.7 Å². The number of hydrogen-bond acceptors (Lipinski definition) is 7. The van der Waals surface area contributed by atoms with Crippen LogP contribution in [0.25, 0.3) is 5.76 Å². The molecule has 0 fully saturated rings. The molecule has 7 nitrogen and oxygen atoms in total. The highest BCUT2D eigenvalue weighted by Gasteiger charge is 2.20. The van der Waals surface area contributed by atoms with Gasteiger partial charge >= 0.3 is 0 Å². The molecule has 0 saturated carbocycles. The van der Waals surface area contributed by atoms with E-state index in [0.29, 0.717) is 35.4 Å². The highest BCUT2D eigenvalue weighted by atomic mass is 35.5. The fraction of sp³-hybridized carbons (Fsp3) is 0.560. The van der Waals surface area contributed by atoms with E-state index in [4.69, 9.17) is 16.3 Å². The second-order valence-electron chi connectivity index (χ2n) is 8.39. The van der Waals surface area contributed by atoms with Gasteiger partial charge in [0.2, 0.25) is 5.95 Å². The van der Waals surface area contributed by atoms with Crippen molar-refractivity contribution in [2.45, 2.75) is 66.7 Å². The van der Waals surface area contributed by atoms with Crippen molar-refractivity contribution < 1.29 is 9.84 Å². The van der Waals surface area contributed by atoms with Crippen molar-refractivity contribution >= 4 is 29.1 Å². The SMILES string of the molecule is C=C(Oc1c(C)cc(C)nc1C)c1c(Cl)nc(NCCCCC)nc1NCCC(CC)CO. The van der Waals surface area contributed by atoms with E-state index in [2.05, 4.69) is 46.0 Å². The summed E-state index contributed by atoms with van der Waals surface area (Å²) in [7, 11) is 0.